The first kappa shape index (κ1) is 12.4. The highest BCUT2D eigenvalue weighted by Crippen LogP contribution is 2.25. The highest BCUT2D eigenvalue weighted by Gasteiger charge is 2.09. The third kappa shape index (κ3) is 2.62. The van der Waals surface area contributed by atoms with Crippen LogP contribution in [-0.2, 0) is 0 Å². The molecule has 18 heavy (non-hydrogen) atoms. The molecule has 0 aliphatic rings. The van der Waals surface area contributed by atoms with Crippen molar-refractivity contribution < 1.29 is 4.74 Å². The van der Waals surface area contributed by atoms with Crippen molar-refractivity contribution in [2.75, 3.05) is 39.6 Å². The number of hydrogen-bond acceptors (Lipinski definition) is 7. The Kier molecular flexibility index (Phi) is 3.83. The lowest BCUT2D eigenvalue weighted by atomic mass is 10.2. The molecule has 2 rings (SSSR count). The summed E-state index contributed by atoms with van der Waals surface area (Å²) in [5.74, 6) is 1.15. The van der Waals surface area contributed by atoms with Crippen LogP contribution in [0.1, 0.15) is 0 Å². The van der Waals surface area contributed by atoms with Gasteiger partial charge in [-0.15, -0.1) is 10.2 Å². The van der Waals surface area contributed by atoms with Crippen molar-refractivity contribution in [3.05, 3.63) is 12.4 Å². The third-order valence-corrected chi connectivity index (χ3v) is 2.50. The number of nitrogens with zero attached hydrogens (tertiary/aromatic N) is 5. The van der Waals surface area contributed by atoms with E-state index in [2.05, 4.69) is 30.6 Å². The molecule has 0 fully saturated rings. The van der Waals surface area contributed by atoms with Crippen LogP contribution in [0.15, 0.2) is 12.4 Å². The quantitative estimate of drug-likeness (QED) is 0.820. The molecule has 2 heterocycles. The van der Waals surface area contributed by atoms with Crippen LogP contribution in [0.2, 0.25) is 0 Å². The fourth-order valence-corrected chi connectivity index (χ4v) is 1.56. The van der Waals surface area contributed by atoms with Gasteiger partial charge in [-0.05, 0) is 14.1 Å². The highest BCUT2D eigenvalue weighted by atomic mass is 16.5. The van der Waals surface area contributed by atoms with Crippen molar-refractivity contribution >= 4 is 16.6 Å². The Bertz CT molecular complexity index is 530. The predicted octanol–water partition coefficient (Wildman–Crippen LogP) is 0.402. The van der Waals surface area contributed by atoms with Gasteiger partial charge in [-0.25, -0.2) is 0 Å². The molecule has 0 aliphatic carbocycles. The molecule has 0 amide bonds. The van der Waals surface area contributed by atoms with E-state index in [4.69, 9.17) is 4.74 Å². The molecule has 7 nitrogen and oxygen atoms in total. The SMILES string of the molecule is COc1nnc(NCCN(C)C)c2cnncc12. The normalized spacial score (nSPS) is 10.9. The first-order valence-electron chi connectivity index (χ1n) is 5.62. The van der Waals surface area contributed by atoms with E-state index in [1.165, 1.54) is 0 Å². The van der Waals surface area contributed by atoms with Crippen LogP contribution in [0.4, 0.5) is 5.82 Å². The third-order valence-electron chi connectivity index (χ3n) is 2.50. The van der Waals surface area contributed by atoms with Crippen LogP contribution in [-0.4, -0.2) is 59.6 Å². The summed E-state index contributed by atoms with van der Waals surface area (Å²) in [6.07, 6.45) is 3.28. The topological polar surface area (TPSA) is 76.1 Å². The van der Waals surface area contributed by atoms with E-state index in [1.807, 2.05) is 14.1 Å². The number of methoxy groups -OCH3 is 1. The second kappa shape index (κ2) is 5.54. The average molecular weight is 248 g/mol. The minimum absolute atomic E-state index is 0.457. The summed E-state index contributed by atoms with van der Waals surface area (Å²) in [6.45, 7) is 1.69. The van der Waals surface area contributed by atoms with E-state index in [0.29, 0.717) is 11.7 Å². The van der Waals surface area contributed by atoms with Gasteiger partial charge in [-0.3, -0.25) is 0 Å². The van der Waals surface area contributed by atoms with E-state index >= 15 is 0 Å². The molecule has 0 unspecified atom stereocenters. The Balaban J connectivity index is 2.28. The maximum absolute atomic E-state index is 5.15. The number of rotatable bonds is 5. The van der Waals surface area contributed by atoms with Crippen LogP contribution in [0.3, 0.4) is 0 Å². The molecule has 2 aromatic heterocycles. The summed E-state index contributed by atoms with van der Waals surface area (Å²) < 4.78 is 5.15. The van der Waals surface area contributed by atoms with E-state index in [0.717, 1.165) is 23.9 Å². The summed E-state index contributed by atoms with van der Waals surface area (Å²) in [6, 6.07) is 0. The first-order valence-corrected chi connectivity index (χ1v) is 5.62. The van der Waals surface area contributed by atoms with E-state index in [9.17, 15) is 0 Å². The molecule has 1 N–H and O–H groups in total. The predicted molar refractivity (Wildman–Crippen MR) is 68.7 cm³/mol. The van der Waals surface area contributed by atoms with Crippen molar-refractivity contribution in [3.63, 3.8) is 0 Å². The Morgan fingerprint density at radius 2 is 1.89 bits per heavy atom. The summed E-state index contributed by atoms with van der Waals surface area (Å²) in [4.78, 5) is 2.09. The summed E-state index contributed by atoms with van der Waals surface area (Å²) in [5.41, 5.74) is 0. The minimum atomic E-state index is 0.457. The van der Waals surface area contributed by atoms with Crippen LogP contribution in [0.5, 0.6) is 5.88 Å². The van der Waals surface area contributed by atoms with Gasteiger partial charge in [0.05, 0.1) is 30.3 Å². The Hall–Kier alpha value is -2.02. The second-order valence-electron chi connectivity index (χ2n) is 4.10. The number of ether oxygens (including phenoxy) is 1. The molecule has 2 aromatic rings. The molecular formula is C11H16N6O. The molecule has 0 saturated carbocycles. The fourth-order valence-electron chi connectivity index (χ4n) is 1.56. The van der Waals surface area contributed by atoms with Gasteiger partial charge in [0.2, 0.25) is 5.88 Å². The van der Waals surface area contributed by atoms with Crippen LogP contribution in [0.25, 0.3) is 10.8 Å². The zero-order valence-corrected chi connectivity index (χ0v) is 10.7. The molecule has 0 saturated heterocycles. The number of hydrogen-bond donors (Lipinski definition) is 1. The summed E-state index contributed by atoms with van der Waals surface area (Å²) >= 11 is 0. The average Bonchev–Trinajstić information content (AvgIpc) is 2.38. The zero-order valence-electron chi connectivity index (χ0n) is 10.7. The molecule has 0 bridgehead atoms. The van der Waals surface area contributed by atoms with Gasteiger partial charge in [0.25, 0.3) is 0 Å². The smallest absolute Gasteiger partial charge is 0.242 e. The largest absolute Gasteiger partial charge is 0.479 e. The molecule has 0 radical (unpaired) electrons. The molecule has 96 valence electrons. The van der Waals surface area contributed by atoms with E-state index in [1.54, 1.807) is 19.5 Å². The van der Waals surface area contributed by atoms with Gasteiger partial charge >= 0.3 is 0 Å². The number of likely N-dealkylation sites (N-methyl/N-ethyl adjacent to an activating group) is 1. The summed E-state index contributed by atoms with van der Waals surface area (Å²) in [5, 5.41) is 20.7. The summed E-state index contributed by atoms with van der Waals surface area (Å²) in [7, 11) is 5.60. The second-order valence-corrected chi connectivity index (χ2v) is 4.10. The van der Waals surface area contributed by atoms with Gasteiger partial charge in [0.15, 0.2) is 5.82 Å². The maximum Gasteiger partial charge on any atom is 0.242 e. The monoisotopic (exact) mass is 248 g/mol. The van der Waals surface area contributed by atoms with Crippen molar-refractivity contribution in [2.45, 2.75) is 0 Å². The van der Waals surface area contributed by atoms with E-state index < -0.39 is 0 Å². The lowest BCUT2D eigenvalue weighted by Crippen LogP contribution is -2.21. The van der Waals surface area contributed by atoms with Crippen LogP contribution >= 0.6 is 0 Å². The van der Waals surface area contributed by atoms with Gasteiger partial charge in [-0.1, -0.05) is 0 Å². The van der Waals surface area contributed by atoms with Crippen LogP contribution in [0, 0.1) is 0 Å². The number of fused-ring (bicyclic) bond motifs is 1. The minimum Gasteiger partial charge on any atom is -0.479 e. The Morgan fingerprint density at radius 3 is 2.56 bits per heavy atom. The molecule has 0 aliphatic heterocycles. The van der Waals surface area contributed by atoms with Crippen molar-refractivity contribution in [1.29, 1.82) is 0 Å². The van der Waals surface area contributed by atoms with Crippen molar-refractivity contribution in [3.8, 4) is 5.88 Å². The lowest BCUT2D eigenvalue weighted by Gasteiger charge is -2.12. The number of nitrogens with one attached hydrogen (secondary N) is 1. The molecule has 7 heteroatoms. The highest BCUT2D eigenvalue weighted by molar-refractivity contribution is 5.93. The van der Waals surface area contributed by atoms with Crippen LogP contribution < -0.4 is 10.1 Å². The standard InChI is InChI=1S/C11H16N6O/c1-17(2)5-4-12-10-8-6-13-14-7-9(8)11(18-3)16-15-10/h6-7H,4-5H2,1-3H3,(H,12,15). The zero-order chi connectivity index (χ0) is 13.0. The van der Waals surface area contributed by atoms with E-state index in [-0.39, 0.29) is 0 Å². The first-order chi connectivity index (χ1) is 8.72. The molecular weight excluding hydrogens is 232 g/mol. The number of aromatic nitrogens is 4. The van der Waals surface area contributed by atoms with Gasteiger partial charge < -0.3 is 15.0 Å². The number of anilines is 1. The Labute approximate surface area is 105 Å². The van der Waals surface area contributed by atoms with Gasteiger partial charge in [0, 0.05) is 13.1 Å². The maximum atomic E-state index is 5.15. The fraction of sp³-hybridized carbons (Fsp3) is 0.455. The van der Waals surface area contributed by atoms with Gasteiger partial charge in [-0.2, -0.15) is 10.2 Å². The molecule has 0 atom stereocenters. The molecule has 0 spiro atoms. The van der Waals surface area contributed by atoms with Crippen molar-refractivity contribution in [2.24, 2.45) is 0 Å². The lowest BCUT2D eigenvalue weighted by molar-refractivity contribution is 0.397. The molecule has 0 aromatic carbocycles. The Morgan fingerprint density at radius 1 is 1.17 bits per heavy atom. The van der Waals surface area contributed by atoms with Gasteiger partial charge in [0.1, 0.15) is 0 Å². The van der Waals surface area contributed by atoms with Crippen molar-refractivity contribution in [1.82, 2.24) is 25.3 Å².